The van der Waals surface area contributed by atoms with Crippen LogP contribution in [0.1, 0.15) is 23.7 Å². The second kappa shape index (κ2) is 5.22. The van der Waals surface area contributed by atoms with Gasteiger partial charge in [0, 0.05) is 5.56 Å². The molecule has 1 aromatic rings. The maximum atomic E-state index is 12.9. The molecule has 1 rings (SSSR count). The molecule has 2 unspecified atom stereocenters. The standard InChI is InChI=1S/C11H9FN2O2/c12-8-2-1-7(6-14)9(5-8)11(16)10(15)3-4-13/h1-2,5,10-11,15-16H,3H2. The maximum Gasteiger partial charge on any atom is 0.123 e. The quantitative estimate of drug-likeness (QED) is 0.795. The number of halogens is 1. The van der Waals surface area contributed by atoms with Crippen molar-refractivity contribution < 1.29 is 14.6 Å². The zero-order chi connectivity index (χ0) is 12.1. The molecule has 0 radical (unpaired) electrons. The van der Waals surface area contributed by atoms with E-state index in [0.717, 1.165) is 12.1 Å². The van der Waals surface area contributed by atoms with Crippen LogP contribution in [-0.2, 0) is 0 Å². The largest absolute Gasteiger partial charge is 0.389 e. The van der Waals surface area contributed by atoms with Gasteiger partial charge in [0.1, 0.15) is 11.9 Å². The minimum Gasteiger partial charge on any atom is -0.389 e. The molecule has 2 N–H and O–H groups in total. The van der Waals surface area contributed by atoms with Crippen molar-refractivity contribution in [3.8, 4) is 12.1 Å². The van der Waals surface area contributed by atoms with Gasteiger partial charge in [0.25, 0.3) is 0 Å². The average molecular weight is 220 g/mol. The summed E-state index contributed by atoms with van der Waals surface area (Å²) in [5.74, 6) is -0.614. The average Bonchev–Trinajstić information content (AvgIpc) is 2.28. The van der Waals surface area contributed by atoms with Crippen molar-refractivity contribution in [1.29, 1.82) is 10.5 Å². The van der Waals surface area contributed by atoms with Gasteiger partial charge >= 0.3 is 0 Å². The van der Waals surface area contributed by atoms with E-state index in [-0.39, 0.29) is 17.5 Å². The molecule has 0 amide bonds. The number of nitriles is 2. The van der Waals surface area contributed by atoms with Gasteiger partial charge in [-0.15, -0.1) is 0 Å². The Morgan fingerprint density at radius 3 is 2.56 bits per heavy atom. The minimum atomic E-state index is -1.44. The SMILES string of the molecule is N#CCC(O)C(O)c1cc(F)ccc1C#N. The highest BCUT2D eigenvalue weighted by molar-refractivity contribution is 5.39. The van der Waals surface area contributed by atoms with E-state index in [2.05, 4.69) is 0 Å². The van der Waals surface area contributed by atoms with Gasteiger partial charge in [-0.1, -0.05) is 0 Å². The normalized spacial score (nSPS) is 13.6. The first-order valence-corrected chi connectivity index (χ1v) is 4.52. The Kier molecular flexibility index (Phi) is 3.96. The lowest BCUT2D eigenvalue weighted by molar-refractivity contribution is 0.0213. The highest BCUT2D eigenvalue weighted by Gasteiger charge is 2.21. The number of aliphatic hydroxyl groups is 2. The lowest BCUT2D eigenvalue weighted by Gasteiger charge is -2.16. The summed E-state index contributed by atoms with van der Waals surface area (Å²) in [5, 5.41) is 36.1. The van der Waals surface area contributed by atoms with Crippen LogP contribution in [0, 0.1) is 28.5 Å². The van der Waals surface area contributed by atoms with E-state index < -0.39 is 18.0 Å². The number of rotatable bonds is 3. The summed E-state index contributed by atoms with van der Waals surface area (Å²) in [5.41, 5.74) is 0.0659. The molecule has 0 aliphatic heterocycles. The highest BCUT2D eigenvalue weighted by Crippen LogP contribution is 2.23. The van der Waals surface area contributed by atoms with Crippen molar-refractivity contribution in [2.75, 3.05) is 0 Å². The van der Waals surface area contributed by atoms with Gasteiger partial charge in [-0.05, 0) is 18.2 Å². The predicted octanol–water partition coefficient (Wildman–Crippen LogP) is 1.01. The van der Waals surface area contributed by atoms with E-state index in [1.807, 2.05) is 0 Å². The topological polar surface area (TPSA) is 88.0 Å². The van der Waals surface area contributed by atoms with Crippen LogP contribution in [0.25, 0.3) is 0 Å². The second-order valence-electron chi connectivity index (χ2n) is 3.22. The van der Waals surface area contributed by atoms with E-state index in [4.69, 9.17) is 10.5 Å². The van der Waals surface area contributed by atoms with Gasteiger partial charge in [0.05, 0.1) is 30.2 Å². The molecule has 16 heavy (non-hydrogen) atoms. The summed E-state index contributed by atoms with van der Waals surface area (Å²) in [6.07, 6.45) is -3.06. The van der Waals surface area contributed by atoms with Crippen LogP contribution in [0.15, 0.2) is 18.2 Å². The Balaban J connectivity index is 3.08. The minimum absolute atomic E-state index is 0.00903. The number of hydrogen-bond donors (Lipinski definition) is 2. The Morgan fingerprint density at radius 1 is 1.31 bits per heavy atom. The molecule has 0 aliphatic rings. The Bertz CT molecular complexity index is 462. The maximum absolute atomic E-state index is 12.9. The third kappa shape index (κ3) is 2.54. The molecule has 1 aromatic carbocycles. The highest BCUT2D eigenvalue weighted by atomic mass is 19.1. The van der Waals surface area contributed by atoms with Gasteiger partial charge in [-0.3, -0.25) is 0 Å². The van der Waals surface area contributed by atoms with Gasteiger partial charge in [-0.2, -0.15) is 10.5 Å². The molecular formula is C11H9FN2O2. The Morgan fingerprint density at radius 2 is 2.00 bits per heavy atom. The Labute approximate surface area is 91.8 Å². The van der Waals surface area contributed by atoms with Crippen molar-refractivity contribution >= 4 is 0 Å². The van der Waals surface area contributed by atoms with E-state index in [1.165, 1.54) is 6.07 Å². The summed E-state index contributed by atoms with van der Waals surface area (Å²) in [7, 11) is 0. The summed E-state index contributed by atoms with van der Waals surface area (Å²) < 4.78 is 12.9. The zero-order valence-electron chi connectivity index (χ0n) is 8.26. The third-order valence-electron chi connectivity index (χ3n) is 2.12. The molecule has 82 valence electrons. The number of aliphatic hydroxyl groups excluding tert-OH is 2. The zero-order valence-corrected chi connectivity index (χ0v) is 8.26. The molecule has 4 nitrogen and oxygen atoms in total. The fraction of sp³-hybridized carbons (Fsp3) is 0.273. The molecule has 0 heterocycles. The van der Waals surface area contributed by atoms with Gasteiger partial charge in [0.15, 0.2) is 0 Å². The number of nitrogens with zero attached hydrogens (tertiary/aromatic N) is 2. The van der Waals surface area contributed by atoms with E-state index in [0.29, 0.717) is 0 Å². The van der Waals surface area contributed by atoms with Gasteiger partial charge < -0.3 is 10.2 Å². The van der Waals surface area contributed by atoms with Crippen LogP contribution in [0.5, 0.6) is 0 Å². The monoisotopic (exact) mass is 220 g/mol. The molecule has 0 aromatic heterocycles. The Hall–Kier alpha value is -1.95. The molecule has 0 saturated heterocycles. The first-order chi connectivity index (χ1) is 7.60. The van der Waals surface area contributed by atoms with Crippen LogP contribution in [0.2, 0.25) is 0 Å². The molecule has 0 fully saturated rings. The molecule has 0 spiro atoms. The van der Waals surface area contributed by atoms with Gasteiger partial charge in [0.2, 0.25) is 0 Å². The molecule has 0 aliphatic carbocycles. The van der Waals surface area contributed by atoms with E-state index in [9.17, 15) is 14.6 Å². The predicted molar refractivity (Wildman–Crippen MR) is 52.3 cm³/mol. The van der Waals surface area contributed by atoms with Crippen LogP contribution in [0.3, 0.4) is 0 Å². The van der Waals surface area contributed by atoms with Gasteiger partial charge in [-0.25, -0.2) is 4.39 Å². The summed E-state index contributed by atoms with van der Waals surface area (Å²) in [6.45, 7) is 0. The van der Waals surface area contributed by atoms with Crippen molar-refractivity contribution in [2.45, 2.75) is 18.6 Å². The summed E-state index contributed by atoms with van der Waals surface area (Å²) >= 11 is 0. The van der Waals surface area contributed by atoms with E-state index >= 15 is 0 Å². The number of benzene rings is 1. The summed E-state index contributed by atoms with van der Waals surface area (Å²) in [4.78, 5) is 0. The molecule has 2 atom stereocenters. The van der Waals surface area contributed by atoms with Crippen LogP contribution in [-0.4, -0.2) is 16.3 Å². The first kappa shape index (κ1) is 12.1. The first-order valence-electron chi connectivity index (χ1n) is 4.52. The van der Waals surface area contributed by atoms with Crippen LogP contribution >= 0.6 is 0 Å². The van der Waals surface area contributed by atoms with Crippen molar-refractivity contribution in [3.63, 3.8) is 0 Å². The molecule has 5 heteroatoms. The second-order valence-corrected chi connectivity index (χ2v) is 3.22. The summed E-state index contributed by atoms with van der Waals surface area (Å²) in [6, 6.07) is 6.74. The molecule has 0 saturated carbocycles. The van der Waals surface area contributed by atoms with E-state index in [1.54, 1.807) is 12.1 Å². The molecular weight excluding hydrogens is 211 g/mol. The lowest BCUT2D eigenvalue weighted by Crippen LogP contribution is -2.18. The third-order valence-corrected chi connectivity index (χ3v) is 2.12. The van der Waals surface area contributed by atoms with Crippen molar-refractivity contribution in [2.24, 2.45) is 0 Å². The fourth-order valence-electron chi connectivity index (χ4n) is 1.29. The van der Waals surface area contributed by atoms with Crippen LogP contribution < -0.4 is 0 Å². The van der Waals surface area contributed by atoms with Crippen molar-refractivity contribution in [1.82, 2.24) is 0 Å². The fourth-order valence-corrected chi connectivity index (χ4v) is 1.29. The number of hydrogen-bond acceptors (Lipinski definition) is 4. The molecule has 0 bridgehead atoms. The lowest BCUT2D eigenvalue weighted by atomic mass is 9.98. The van der Waals surface area contributed by atoms with Crippen molar-refractivity contribution in [3.05, 3.63) is 35.1 Å². The van der Waals surface area contributed by atoms with Crippen LogP contribution in [0.4, 0.5) is 4.39 Å². The smallest absolute Gasteiger partial charge is 0.123 e.